The third-order valence-electron chi connectivity index (χ3n) is 7.35. The molecule has 5 aliphatic rings. The van der Waals surface area contributed by atoms with Crippen LogP contribution in [0.5, 0.6) is 0 Å². The van der Waals surface area contributed by atoms with Gasteiger partial charge in [-0.2, -0.15) is 0 Å². The molecule has 5 nitrogen and oxygen atoms in total. The zero-order valence-electron chi connectivity index (χ0n) is 16.4. The Labute approximate surface area is 174 Å². The maximum absolute atomic E-state index is 13.2. The Hall–Kier alpha value is -3.21. The molecule has 1 saturated heterocycles. The zero-order valence-corrected chi connectivity index (χ0v) is 16.4. The van der Waals surface area contributed by atoms with Gasteiger partial charge in [0.2, 0.25) is 11.8 Å². The van der Waals surface area contributed by atoms with Crippen LogP contribution in [0.25, 0.3) is 0 Å². The molecule has 2 bridgehead atoms. The molecule has 30 heavy (non-hydrogen) atoms. The van der Waals surface area contributed by atoms with E-state index in [1.165, 1.54) is 4.90 Å². The smallest absolute Gasteiger partial charge is 0.251 e. The summed E-state index contributed by atoms with van der Waals surface area (Å²) in [6, 6.07) is 16.5. The number of carbonyl (C=O) groups is 3. The number of anilines is 1. The van der Waals surface area contributed by atoms with E-state index in [1.54, 1.807) is 24.3 Å². The quantitative estimate of drug-likeness (QED) is 0.635. The van der Waals surface area contributed by atoms with E-state index in [2.05, 4.69) is 17.5 Å². The number of imide groups is 1. The third-order valence-corrected chi connectivity index (χ3v) is 7.35. The van der Waals surface area contributed by atoms with Crippen LogP contribution < -0.4 is 10.2 Å². The molecule has 3 amide bonds. The minimum atomic E-state index is -0.204. The fraction of sp³-hybridized carbons (Fsp3) is 0.320. The van der Waals surface area contributed by atoms with Crippen LogP contribution in [0.15, 0.2) is 66.7 Å². The minimum absolute atomic E-state index is 0.0732. The van der Waals surface area contributed by atoms with Crippen molar-refractivity contribution in [3.8, 4) is 0 Å². The van der Waals surface area contributed by atoms with Gasteiger partial charge in [-0.25, -0.2) is 0 Å². The first kappa shape index (κ1) is 17.6. The average molecular weight is 398 g/mol. The van der Waals surface area contributed by atoms with Crippen molar-refractivity contribution in [2.45, 2.75) is 13.0 Å². The normalized spacial score (nSPS) is 32.7. The average Bonchev–Trinajstić information content (AvgIpc) is 3.56. The first-order valence-electron chi connectivity index (χ1n) is 10.6. The van der Waals surface area contributed by atoms with E-state index in [0.29, 0.717) is 29.6 Å². The second-order valence-corrected chi connectivity index (χ2v) is 8.88. The molecule has 1 heterocycles. The molecule has 0 radical (unpaired) electrons. The van der Waals surface area contributed by atoms with Gasteiger partial charge in [0.05, 0.1) is 17.5 Å². The van der Waals surface area contributed by atoms with Crippen molar-refractivity contribution in [3.05, 3.63) is 77.9 Å². The molecule has 1 N–H and O–H groups in total. The van der Waals surface area contributed by atoms with Crippen molar-refractivity contribution in [2.75, 3.05) is 4.90 Å². The molecule has 3 fully saturated rings. The zero-order chi connectivity index (χ0) is 20.4. The molecule has 5 heteroatoms. The maximum Gasteiger partial charge on any atom is 0.251 e. The predicted molar refractivity (Wildman–Crippen MR) is 111 cm³/mol. The predicted octanol–water partition coefficient (Wildman–Crippen LogP) is 3.17. The number of amides is 3. The Bertz CT molecular complexity index is 1040. The minimum Gasteiger partial charge on any atom is -0.348 e. The van der Waals surface area contributed by atoms with Crippen LogP contribution >= 0.6 is 0 Å². The highest BCUT2D eigenvalue weighted by atomic mass is 16.2. The van der Waals surface area contributed by atoms with Gasteiger partial charge in [0.1, 0.15) is 0 Å². The number of carbonyl (C=O) groups excluding carboxylic acids is 3. The van der Waals surface area contributed by atoms with E-state index < -0.39 is 0 Å². The number of hydrogen-bond acceptors (Lipinski definition) is 3. The van der Waals surface area contributed by atoms with E-state index in [0.717, 1.165) is 12.0 Å². The molecule has 4 aliphatic carbocycles. The summed E-state index contributed by atoms with van der Waals surface area (Å²) < 4.78 is 0. The Balaban J connectivity index is 1.19. The highest BCUT2D eigenvalue weighted by molar-refractivity contribution is 6.22. The molecule has 2 saturated carbocycles. The molecule has 1 aliphatic heterocycles. The maximum atomic E-state index is 13.2. The summed E-state index contributed by atoms with van der Waals surface area (Å²) >= 11 is 0. The Kier molecular flexibility index (Phi) is 3.76. The van der Waals surface area contributed by atoms with Crippen molar-refractivity contribution in [1.82, 2.24) is 5.32 Å². The second-order valence-electron chi connectivity index (χ2n) is 8.88. The van der Waals surface area contributed by atoms with Gasteiger partial charge >= 0.3 is 0 Å². The van der Waals surface area contributed by atoms with Crippen molar-refractivity contribution in [1.29, 1.82) is 0 Å². The lowest BCUT2D eigenvalue weighted by Gasteiger charge is -2.37. The van der Waals surface area contributed by atoms with E-state index >= 15 is 0 Å². The molecule has 0 unspecified atom stereocenters. The second kappa shape index (κ2) is 6.39. The lowest BCUT2D eigenvalue weighted by molar-refractivity contribution is -0.124. The van der Waals surface area contributed by atoms with Gasteiger partial charge in [0.25, 0.3) is 5.91 Å². The highest BCUT2D eigenvalue weighted by Gasteiger charge is 2.67. The molecule has 150 valence electrons. The summed E-state index contributed by atoms with van der Waals surface area (Å²) in [7, 11) is 0. The highest BCUT2D eigenvalue weighted by Crippen LogP contribution is 2.65. The topological polar surface area (TPSA) is 66.5 Å². The fourth-order valence-electron chi connectivity index (χ4n) is 5.85. The van der Waals surface area contributed by atoms with E-state index in [9.17, 15) is 14.4 Å². The summed E-state index contributed by atoms with van der Waals surface area (Å²) in [5, 5.41) is 2.90. The monoisotopic (exact) mass is 398 g/mol. The molecule has 0 spiro atoms. The number of rotatable bonds is 4. The van der Waals surface area contributed by atoms with Crippen LogP contribution in [0.3, 0.4) is 0 Å². The third kappa shape index (κ3) is 2.51. The Morgan fingerprint density at radius 2 is 1.47 bits per heavy atom. The van der Waals surface area contributed by atoms with E-state index in [4.69, 9.17) is 0 Å². The lowest BCUT2D eigenvalue weighted by Crippen LogP contribution is -2.40. The summed E-state index contributed by atoms with van der Waals surface area (Å²) in [5.41, 5.74) is 2.10. The molecule has 6 atom stereocenters. The molecule has 0 aromatic heterocycles. The van der Waals surface area contributed by atoms with Crippen LogP contribution in [-0.4, -0.2) is 17.7 Å². The van der Waals surface area contributed by atoms with E-state index in [-0.39, 0.29) is 41.4 Å². The van der Waals surface area contributed by atoms with Crippen molar-refractivity contribution < 1.29 is 14.4 Å². The summed E-state index contributed by atoms with van der Waals surface area (Å²) in [4.78, 5) is 40.2. The molecule has 2 aromatic rings. The number of nitrogens with zero attached hydrogens (tertiary/aromatic N) is 1. The van der Waals surface area contributed by atoms with E-state index in [1.807, 2.05) is 30.3 Å². The first-order valence-corrected chi connectivity index (χ1v) is 10.6. The van der Waals surface area contributed by atoms with Crippen LogP contribution in [0, 0.1) is 35.5 Å². The summed E-state index contributed by atoms with van der Waals surface area (Å²) in [5.74, 6) is 0.883. The summed E-state index contributed by atoms with van der Waals surface area (Å²) in [6.07, 6.45) is 5.51. The van der Waals surface area contributed by atoms with Gasteiger partial charge in [-0.15, -0.1) is 0 Å². The van der Waals surface area contributed by atoms with Crippen molar-refractivity contribution in [2.24, 2.45) is 35.5 Å². The number of nitrogens with one attached hydrogen (secondary N) is 1. The lowest BCUT2D eigenvalue weighted by atomic mass is 9.63. The Morgan fingerprint density at radius 1 is 0.867 bits per heavy atom. The van der Waals surface area contributed by atoms with Crippen molar-refractivity contribution in [3.63, 3.8) is 0 Å². The van der Waals surface area contributed by atoms with Gasteiger partial charge in [0.15, 0.2) is 0 Å². The number of hydrogen-bond donors (Lipinski definition) is 1. The molecular formula is C25H22N2O3. The van der Waals surface area contributed by atoms with Gasteiger partial charge in [0, 0.05) is 12.1 Å². The largest absolute Gasteiger partial charge is 0.348 e. The number of allylic oxidation sites excluding steroid dienone is 2. The van der Waals surface area contributed by atoms with Gasteiger partial charge in [-0.05, 0) is 59.9 Å². The van der Waals surface area contributed by atoms with Crippen LogP contribution in [0.2, 0.25) is 0 Å². The van der Waals surface area contributed by atoms with Crippen LogP contribution in [0.4, 0.5) is 5.69 Å². The Morgan fingerprint density at radius 3 is 2.07 bits per heavy atom. The summed E-state index contributed by atoms with van der Waals surface area (Å²) in [6.45, 7) is 0.450. The van der Waals surface area contributed by atoms with Gasteiger partial charge < -0.3 is 5.32 Å². The van der Waals surface area contributed by atoms with Crippen LogP contribution in [0.1, 0.15) is 22.3 Å². The molecular weight excluding hydrogens is 376 g/mol. The molecule has 7 rings (SSSR count). The first-order chi connectivity index (χ1) is 14.6. The van der Waals surface area contributed by atoms with Gasteiger partial charge in [-0.3, -0.25) is 19.3 Å². The SMILES string of the molecule is O=C(NCc1ccccc1)c1ccc(N2C(=O)[C@@H]3[C@H]4C=C[C@@H]([C@@H]5C[C@H]45)[C@H]3C2=O)cc1. The fourth-order valence-corrected chi connectivity index (χ4v) is 5.85. The van der Waals surface area contributed by atoms with Crippen molar-refractivity contribution >= 4 is 23.4 Å². The molecule has 2 aromatic carbocycles. The number of benzene rings is 2. The standard InChI is InChI=1S/C25H22N2O3/c28-23(26-13-14-4-2-1-3-5-14)15-6-8-16(9-7-15)27-24(29)21-17-10-11-18(20-12-19(17)20)22(21)25(27)30/h1-11,17-22H,12-13H2,(H,26,28)/t17-,18-,19-,20+,21+,22+/m0/s1. The van der Waals surface area contributed by atoms with Crippen LogP contribution in [-0.2, 0) is 16.1 Å². The van der Waals surface area contributed by atoms with Gasteiger partial charge in [-0.1, -0.05) is 42.5 Å².